The minimum absolute atomic E-state index is 0.0685. The van der Waals surface area contributed by atoms with Crippen LogP contribution in [0.3, 0.4) is 0 Å². The summed E-state index contributed by atoms with van der Waals surface area (Å²) in [5, 5.41) is 12.7. The average Bonchev–Trinajstić information content (AvgIpc) is 2.79. The zero-order chi connectivity index (χ0) is 15.9. The Morgan fingerprint density at radius 1 is 1.14 bits per heavy atom. The highest BCUT2D eigenvalue weighted by molar-refractivity contribution is 5.81. The molecule has 0 aromatic rings. The number of aliphatic hydroxyl groups is 1. The number of carbonyl (C=O) groups is 2. The lowest BCUT2D eigenvalue weighted by atomic mass is 9.92. The lowest BCUT2D eigenvalue weighted by Crippen LogP contribution is -2.49. The molecule has 126 valence electrons. The first kappa shape index (κ1) is 17.3. The molecule has 5 nitrogen and oxygen atoms in total. The predicted octanol–water partition coefficient (Wildman–Crippen LogP) is 1.69. The van der Waals surface area contributed by atoms with Crippen LogP contribution in [0.1, 0.15) is 58.3 Å². The largest absolute Gasteiger partial charge is 0.396 e. The van der Waals surface area contributed by atoms with Crippen molar-refractivity contribution in [3.05, 3.63) is 0 Å². The van der Waals surface area contributed by atoms with Gasteiger partial charge in [-0.25, -0.2) is 0 Å². The van der Waals surface area contributed by atoms with Crippen molar-refractivity contribution in [3.63, 3.8) is 0 Å². The molecule has 1 aliphatic carbocycles. The molecule has 2 N–H and O–H groups in total. The summed E-state index contributed by atoms with van der Waals surface area (Å²) in [7, 11) is 0. The van der Waals surface area contributed by atoms with Crippen molar-refractivity contribution in [2.24, 2.45) is 11.8 Å². The highest BCUT2D eigenvalue weighted by Gasteiger charge is 2.31. The van der Waals surface area contributed by atoms with Crippen LogP contribution >= 0.6 is 0 Å². The van der Waals surface area contributed by atoms with Crippen LogP contribution in [0.5, 0.6) is 0 Å². The third-order valence-corrected chi connectivity index (χ3v) is 5.17. The van der Waals surface area contributed by atoms with Gasteiger partial charge in [0, 0.05) is 38.1 Å². The van der Waals surface area contributed by atoms with E-state index in [1.165, 1.54) is 6.42 Å². The Morgan fingerprint density at radius 2 is 1.91 bits per heavy atom. The van der Waals surface area contributed by atoms with Crippen LogP contribution in [0, 0.1) is 11.8 Å². The number of carbonyl (C=O) groups excluding carboxylic acids is 2. The van der Waals surface area contributed by atoms with E-state index in [4.69, 9.17) is 0 Å². The van der Waals surface area contributed by atoms with Crippen LogP contribution < -0.4 is 5.32 Å². The predicted molar refractivity (Wildman–Crippen MR) is 85.2 cm³/mol. The Labute approximate surface area is 133 Å². The molecule has 0 aromatic carbocycles. The van der Waals surface area contributed by atoms with E-state index in [2.05, 4.69) is 5.32 Å². The summed E-state index contributed by atoms with van der Waals surface area (Å²) >= 11 is 0. The highest BCUT2D eigenvalue weighted by Crippen LogP contribution is 2.24. The van der Waals surface area contributed by atoms with E-state index in [1.807, 2.05) is 11.8 Å². The molecule has 5 heteroatoms. The number of rotatable bonds is 4. The first-order chi connectivity index (χ1) is 10.7. The lowest BCUT2D eigenvalue weighted by Gasteiger charge is -2.33. The molecule has 0 aromatic heterocycles. The second kappa shape index (κ2) is 8.51. The third-order valence-electron chi connectivity index (χ3n) is 5.17. The molecule has 2 amide bonds. The van der Waals surface area contributed by atoms with Gasteiger partial charge in [0.1, 0.15) is 0 Å². The van der Waals surface area contributed by atoms with Crippen molar-refractivity contribution in [3.8, 4) is 0 Å². The normalized spacial score (nSPS) is 29.7. The maximum atomic E-state index is 12.6. The molecule has 0 radical (unpaired) electrons. The molecule has 22 heavy (non-hydrogen) atoms. The molecular weight excluding hydrogens is 280 g/mol. The van der Waals surface area contributed by atoms with Crippen LogP contribution in [-0.2, 0) is 9.59 Å². The monoisotopic (exact) mass is 310 g/mol. The Hall–Kier alpha value is -1.10. The van der Waals surface area contributed by atoms with Gasteiger partial charge in [-0.3, -0.25) is 9.59 Å². The number of aliphatic hydroxyl groups excluding tert-OH is 1. The van der Waals surface area contributed by atoms with Gasteiger partial charge in [0.2, 0.25) is 11.8 Å². The van der Waals surface area contributed by atoms with Gasteiger partial charge in [0.15, 0.2) is 0 Å². The van der Waals surface area contributed by atoms with Crippen molar-refractivity contribution < 1.29 is 14.7 Å². The fourth-order valence-electron chi connectivity index (χ4n) is 3.73. The van der Waals surface area contributed by atoms with Crippen LogP contribution in [-0.4, -0.2) is 47.6 Å². The van der Waals surface area contributed by atoms with Crippen molar-refractivity contribution in [1.82, 2.24) is 10.2 Å². The summed E-state index contributed by atoms with van der Waals surface area (Å²) in [5.41, 5.74) is 0. The van der Waals surface area contributed by atoms with Gasteiger partial charge in [-0.15, -0.1) is 0 Å². The average molecular weight is 310 g/mol. The van der Waals surface area contributed by atoms with Gasteiger partial charge in [0.25, 0.3) is 0 Å². The first-order valence-corrected chi connectivity index (χ1v) is 8.84. The van der Waals surface area contributed by atoms with Gasteiger partial charge in [0.05, 0.1) is 5.92 Å². The molecule has 2 rings (SSSR count). The quantitative estimate of drug-likeness (QED) is 0.776. The summed E-state index contributed by atoms with van der Waals surface area (Å²) in [6.45, 7) is 3.34. The highest BCUT2D eigenvalue weighted by atomic mass is 16.3. The number of hydrogen-bond acceptors (Lipinski definition) is 3. The Balaban J connectivity index is 1.91. The van der Waals surface area contributed by atoms with Crippen molar-refractivity contribution >= 4 is 11.8 Å². The number of nitrogens with one attached hydrogen (secondary N) is 1. The fourth-order valence-corrected chi connectivity index (χ4v) is 3.73. The topological polar surface area (TPSA) is 69.6 Å². The molecule has 0 bridgehead atoms. The third kappa shape index (κ3) is 4.45. The summed E-state index contributed by atoms with van der Waals surface area (Å²) in [4.78, 5) is 26.2. The minimum Gasteiger partial charge on any atom is -0.396 e. The molecule has 2 aliphatic rings. The second-order valence-corrected chi connectivity index (χ2v) is 6.73. The number of piperidine rings is 1. The molecule has 1 saturated carbocycles. The second-order valence-electron chi connectivity index (χ2n) is 6.73. The van der Waals surface area contributed by atoms with E-state index in [-0.39, 0.29) is 36.3 Å². The van der Waals surface area contributed by atoms with E-state index in [9.17, 15) is 14.7 Å². The maximum absolute atomic E-state index is 12.6. The number of nitrogens with zero attached hydrogens (tertiary/aromatic N) is 1. The summed E-state index contributed by atoms with van der Waals surface area (Å²) < 4.78 is 0. The van der Waals surface area contributed by atoms with Crippen molar-refractivity contribution in [1.29, 1.82) is 0 Å². The van der Waals surface area contributed by atoms with E-state index in [0.717, 1.165) is 45.1 Å². The van der Waals surface area contributed by atoms with Gasteiger partial charge < -0.3 is 15.3 Å². The van der Waals surface area contributed by atoms with Gasteiger partial charge in [-0.2, -0.15) is 0 Å². The Bertz CT molecular complexity index is 386. The van der Waals surface area contributed by atoms with Crippen LogP contribution in [0.4, 0.5) is 0 Å². The fraction of sp³-hybridized carbons (Fsp3) is 0.882. The molecule has 1 heterocycles. The molecule has 1 aliphatic heterocycles. The Kier molecular flexibility index (Phi) is 6.68. The minimum atomic E-state index is -0.0909. The van der Waals surface area contributed by atoms with Crippen molar-refractivity contribution in [2.45, 2.75) is 64.3 Å². The maximum Gasteiger partial charge on any atom is 0.225 e. The van der Waals surface area contributed by atoms with E-state index in [1.54, 1.807) is 0 Å². The summed E-state index contributed by atoms with van der Waals surface area (Å²) in [6, 6.07) is 0.0947. The molecule has 0 spiro atoms. The molecular formula is C17H30N2O3. The standard InChI is InChI=1S/C17H30N2O3/c1-2-16(21)19-10-6-8-13(11-19)17(22)18-15-9-5-3-4-7-14(15)12-20/h13-15,20H,2-12H2,1H3,(H,18,22). The SMILES string of the molecule is CCC(=O)N1CCCC(C(=O)NC2CCCCCC2CO)C1. The smallest absolute Gasteiger partial charge is 0.225 e. The van der Waals surface area contributed by atoms with Gasteiger partial charge >= 0.3 is 0 Å². The van der Waals surface area contributed by atoms with Gasteiger partial charge in [-0.1, -0.05) is 26.2 Å². The first-order valence-electron chi connectivity index (χ1n) is 8.84. The summed E-state index contributed by atoms with van der Waals surface area (Å²) in [6.07, 6.45) is 7.66. The van der Waals surface area contributed by atoms with E-state index >= 15 is 0 Å². The molecule has 1 saturated heterocycles. The summed E-state index contributed by atoms with van der Waals surface area (Å²) in [5.74, 6) is 0.300. The van der Waals surface area contributed by atoms with E-state index in [0.29, 0.717) is 13.0 Å². The van der Waals surface area contributed by atoms with Crippen LogP contribution in [0.15, 0.2) is 0 Å². The zero-order valence-electron chi connectivity index (χ0n) is 13.7. The molecule has 3 unspecified atom stereocenters. The zero-order valence-corrected chi connectivity index (χ0v) is 13.7. The number of amides is 2. The van der Waals surface area contributed by atoms with Crippen LogP contribution in [0.2, 0.25) is 0 Å². The van der Waals surface area contributed by atoms with Crippen molar-refractivity contribution in [2.75, 3.05) is 19.7 Å². The molecule has 3 atom stereocenters. The molecule has 2 fully saturated rings. The lowest BCUT2D eigenvalue weighted by molar-refractivity contribution is -0.135. The number of hydrogen-bond donors (Lipinski definition) is 2. The number of likely N-dealkylation sites (tertiary alicyclic amines) is 1. The van der Waals surface area contributed by atoms with Gasteiger partial charge in [-0.05, 0) is 25.7 Å². The van der Waals surface area contributed by atoms with Crippen LogP contribution in [0.25, 0.3) is 0 Å². The Morgan fingerprint density at radius 3 is 2.64 bits per heavy atom. The van der Waals surface area contributed by atoms with E-state index < -0.39 is 0 Å².